The molecule has 1 aliphatic rings. The molecule has 0 spiro atoms. The van der Waals surface area contributed by atoms with Crippen molar-refractivity contribution in [1.82, 2.24) is 9.80 Å². The number of carbonyl (C=O) groups is 1. The fraction of sp³-hybridized carbons (Fsp3) is 0.769. The minimum absolute atomic E-state index is 0.203. The topological polar surface area (TPSA) is 23.6 Å². The van der Waals surface area contributed by atoms with Gasteiger partial charge in [0.15, 0.2) is 0 Å². The maximum Gasteiger partial charge on any atom is 0.225 e. The van der Waals surface area contributed by atoms with E-state index >= 15 is 0 Å². The van der Waals surface area contributed by atoms with Gasteiger partial charge in [0.2, 0.25) is 5.91 Å². The van der Waals surface area contributed by atoms with Gasteiger partial charge in [0.05, 0.1) is 0 Å². The second kappa shape index (κ2) is 7.02. The highest BCUT2D eigenvalue weighted by atomic mass is 35.5. The molecule has 0 aromatic rings. The summed E-state index contributed by atoms with van der Waals surface area (Å²) >= 11 is 5.79. The predicted octanol–water partition coefficient (Wildman–Crippen LogP) is 2.32. The molecule has 0 atom stereocenters. The number of piperidine rings is 1. The Morgan fingerprint density at radius 2 is 1.88 bits per heavy atom. The SMILES string of the molecule is C=C(Cl)CN1CCC(C(=O)N(CC)CC)CC1. The smallest absolute Gasteiger partial charge is 0.225 e. The zero-order valence-corrected chi connectivity index (χ0v) is 11.7. The van der Waals surface area contributed by atoms with E-state index in [2.05, 4.69) is 11.5 Å². The quantitative estimate of drug-likeness (QED) is 0.756. The molecule has 0 saturated carbocycles. The number of amides is 1. The van der Waals surface area contributed by atoms with Crippen LogP contribution >= 0.6 is 11.6 Å². The van der Waals surface area contributed by atoms with Crippen LogP contribution in [0.15, 0.2) is 11.6 Å². The van der Waals surface area contributed by atoms with Crippen molar-refractivity contribution < 1.29 is 4.79 Å². The second-order valence-corrected chi connectivity index (χ2v) is 5.11. The lowest BCUT2D eigenvalue weighted by atomic mass is 9.95. The van der Waals surface area contributed by atoms with Gasteiger partial charge in [-0.1, -0.05) is 18.2 Å². The van der Waals surface area contributed by atoms with E-state index in [0.29, 0.717) is 10.9 Å². The molecule has 1 fully saturated rings. The van der Waals surface area contributed by atoms with Gasteiger partial charge >= 0.3 is 0 Å². The van der Waals surface area contributed by atoms with Crippen LogP contribution in [0.4, 0.5) is 0 Å². The Morgan fingerprint density at radius 1 is 1.35 bits per heavy atom. The van der Waals surface area contributed by atoms with E-state index in [4.69, 9.17) is 11.6 Å². The number of hydrogen-bond acceptors (Lipinski definition) is 2. The van der Waals surface area contributed by atoms with Gasteiger partial charge in [0.25, 0.3) is 0 Å². The Balaban J connectivity index is 2.40. The fourth-order valence-electron chi connectivity index (χ4n) is 2.37. The van der Waals surface area contributed by atoms with Crippen LogP contribution in [0.25, 0.3) is 0 Å². The normalized spacial score (nSPS) is 18.1. The summed E-state index contributed by atoms with van der Waals surface area (Å²) < 4.78 is 0. The molecule has 1 amide bonds. The number of hydrogen-bond donors (Lipinski definition) is 0. The predicted molar refractivity (Wildman–Crippen MR) is 72.1 cm³/mol. The van der Waals surface area contributed by atoms with Crippen molar-refractivity contribution in [3.05, 3.63) is 11.6 Å². The van der Waals surface area contributed by atoms with Gasteiger partial charge in [-0.25, -0.2) is 0 Å². The van der Waals surface area contributed by atoms with Crippen LogP contribution in [0.5, 0.6) is 0 Å². The molecule has 0 aliphatic carbocycles. The van der Waals surface area contributed by atoms with E-state index in [1.54, 1.807) is 0 Å². The van der Waals surface area contributed by atoms with E-state index in [9.17, 15) is 4.79 Å². The van der Waals surface area contributed by atoms with Crippen LogP contribution in [-0.2, 0) is 4.79 Å². The number of carbonyl (C=O) groups excluding carboxylic acids is 1. The first-order chi connectivity index (χ1) is 8.08. The summed E-state index contributed by atoms with van der Waals surface area (Å²) in [6, 6.07) is 0. The molecule has 98 valence electrons. The molecule has 0 unspecified atom stereocenters. The number of halogens is 1. The van der Waals surface area contributed by atoms with Crippen molar-refractivity contribution in [3.8, 4) is 0 Å². The molecule has 1 heterocycles. The Kier molecular flexibility index (Phi) is 6.00. The van der Waals surface area contributed by atoms with E-state index in [1.807, 2.05) is 18.7 Å². The minimum atomic E-state index is 0.203. The molecule has 1 aliphatic heterocycles. The van der Waals surface area contributed by atoms with Crippen molar-refractivity contribution in [2.45, 2.75) is 26.7 Å². The van der Waals surface area contributed by atoms with Gasteiger partial charge in [0, 0.05) is 30.6 Å². The van der Waals surface area contributed by atoms with Crippen molar-refractivity contribution >= 4 is 17.5 Å². The molecule has 0 aromatic carbocycles. The van der Waals surface area contributed by atoms with Gasteiger partial charge in [-0.2, -0.15) is 0 Å². The Labute approximate surface area is 109 Å². The van der Waals surface area contributed by atoms with E-state index in [-0.39, 0.29) is 5.92 Å². The number of likely N-dealkylation sites (tertiary alicyclic amines) is 1. The number of nitrogens with zero attached hydrogens (tertiary/aromatic N) is 2. The largest absolute Gasteiger partial charge is 0.343 e. The molecule has 0 bridgehead atoms. The van der Waals surface area contributed by atoms with Gasteiger partial charge in [-0.05, 0) is 39.8 Å². The maximum absolute atomic E-state index is 12.2. The summed E-state index contributed by atoms with van der Waals surface area (Å²) in [6.07, 6.45) is 1.89. The van der Waals surface area contributed by atoms with Crippen LogP contribution < -0.4 is 0 Å². The average molecular weight is 259 g/mol. The van der Waals surface area contributed by atoms with Crippen LogP contribution in [0.1, 0.15) is 26.7 Å². The lowest BCUT2D eigenvalue weighted by Crippen LogP contribution is -2.42. The third kappa shape index (κ3) is 4.32. The molecule has 0 aromatic heterocycles. The van der Waals surface area contributed by atoms with E-state index < -0.39 is 0 Å². The van der Waals surface area contributed by atoms with Crippen LogP contribution in [0.2, 0.25) is 0 Å². The minimum Gasteiger partial charge on any atom is -0.343 e. The average Bonchev–Trinajstić information content (AvgIpc) is 2.30. The third-order valence-electron chi connectivity index (χ3n) is 3.41. The van der Waals surface area contributed by atoms with E-state index in [0.717, 1.165) is 45.6 Å². The third-order valence-corrected chi connectivity index (χ3v) is 3.53. The number of rotatable bonds is 5. The van der Waals surface area contributed by atoms with Crippen molar-refractivity contribution in [3.63, 3.8) is 0 Å². The van der Waals surface area contributed by atoms with Crippen LogP contribution in [0.3, 0.4) is 0 Å². The van der Waals surface area contributed by atoms with E-state index in [1.165, 1.54) is 0 Å². The molecule has 4 heteroatoms. The molecule has 1 saturated heterocycles. The highest BCUT2D eigenvalue weighted by molar-refractivity contribution is 6.29. The molecule has 17 heavy (non-hydrogen) atoms. The van der Waals surface area contributed by atoms with Crippen LogP contribution in [0, 0.1) is 5.92 Å². The summed E-state index contributed by atoms with van der Waals surface area (Å²) in [5, 5.41) is 0.679. The van der Waals surface area contributed by atoms with Crippen LogP contribution in [-0.4, -0.2) is 48.4 Å². The molecular formula is C13H23ClN2O. The molecule has 0 radical (unpaired) electrons. The maximum atomic E-state index is 12.2. The highest BCUT2D eigenvalue weighted by Crippen LogP contribution is 2.20. The summed E-state index contributed by atoms with van der Waals surface area (Å²) in [7, 11) is 0. The van der Waals surface area contributed by atoms with Gasteiger partial charge in [-0.3, -0.25) is 9.69 Å². The monoisotopic (exact) mass is 258 g/mol. The van der Waals surface area contributed by atoms with Gasteiger partial charge in [0.1, 0.15) is 0 Å². The molecular weight excluding hydrogens is 236 g/mol. The second-order valence-electron chi connectivity index (χ2n) is 4.58. The summed E-state index contributed by atoms with van der Waals surface area (Å²) in [5.41, 5.74) is 0. The fourth-order valence-corrected chi connectivity index (χ4v) is 2.54. The summed E-state index contributed by atoms with van der Waals surface area (Å²) in [5.74, 6) is 0.522. The lowest BCUT2D eigenvalue weighted by molar-refractivity contribution is -0.136. The summed E-state index contributed by atoms with van der Waals surface area (Å²) in [4.78, 5) is 16.3. The molecule has 1 rings (SSSR count). The first kappa shape index (κ1) is 14.5. The highest BCUT2D eigenvalue weighted by Gasteiger charge is 2.27. The zero-order valence-electron chi connectivity index (χ0n) is 10.9. The van der Waals surface area contributed by atoms with Crippen molar-refractivity contribution in [2.75, 3.05) is 32.7 Å². The Bertz CT molecular complexity index is 269. The first-order valence-corrected chi connectivity index (χ1v) is 6.80. The summed E-state index contributed by atoms with van der Waals surface area (Å²) in [6.45, 7) is 12.0. The first-order valence-electron chi connectivity index (χ1n) is 6.42. The Morgan fingerprint density at radius 3 is 2.29 bits per heavy atom. The van der Waals surface area contributed by atoms with Gasteiger partial charge < -0.3 is 4.90 Å². The molecule has 3 nitrogen and oxygen atoms in total. The van der Waals surface area contributed by atoms with Gasteiger partial charge in [-0.15, -0.1) is 0 Å². The van der Waals surface area contributed by atoms with Crippen molar-refractivity contribution in [2.24, 2.45) is 5.92 Å². The zero-order chi connectivity index (χ0) is 12.8. The Hall–Kier alpha value is -0.540. The molecule has 0 N–H and O–H groups in total. The standard InChI is InChI=1S/C13H23ClN2O/c1-4-16(5-2)13(17)12-6-8-15(9-7-12)10-11(3)14/h12H,3-10H2,1-2H3. The van der Waals surface area contributed by atoms with Crippen molar-refractivity contribution in [1.29, 1.82) is 0 Å². The lowest BCUT2D eigenvalue weighted by Gasteiger charge is -2.33.